The molecule has 0 saturated carbocycles. The number of amides is 1. The lowest BCUT2D eigenvalue weighted by atomic mass is 10.1. The van der Waals surface area contributed by atoms with Gasteiger partial charge in [-0.25, -0.2) is 4.79 Å². The largest absolute Gasteiger partial charge is 0.478 e. The third kappa shape index (κ3) is 2.72. The van der Waals surface area contributed by atoms with Gasteiger partial charge in [0.2, 0.25) is 0 Å². The Morgan fingerprint density at radius 1 is 1.19 bits per heavy atom. The Morgan fingerprint density at radius 2 is 1.95 bits per heavy atom. The van der Waals surface area contributed by atoms with Gasteiger partial charge in [-0.05, 0) is 23.8 Å². The Kier molecular flexibility index (Phi) is 3.31. The first-order valence-electron chi connectivity index (χ1n) is 6.52. The van der Waals surface area contributed by atoms with Crippen molar-refractivity contribution < 1.29 is 19.4 Å². The van der Waals surface area contributed by atoms with E-state index in [1.54, 1.807) is 0 Å². The van der Waals surface area contributed by atoms with Crippen LogP contribution in [-0.4, -0.2) is 23.1 Å². The predicted molar refractivity (Wildman–Crippen MR) is 76.6 cm³/mol. The highest BCUT2D eigenvalue weighted by Gasteiger charge is 2.28. The number of hydrogen-bond donors (Lipinski definition) is 2. The molecule has 3 rings (SSSR count). The van der Waals surface area contributed by atoms with Crippen molar-refractivity contribution in [3.8, 4) is 5.75 Å². The normalized spacial score (nSPS) is 16.6. The van der Waals surface area contributed by atoms with Gasteiger partial charge >= 0.3 is 5.97 Å². The summed E-state index contributed by atoms with van der Waals surface area (Å²) in [4.78, 5) is 23.0. The maximum atomic E-state index is 12.0. The third-order valence-corrected chi connectivity index (χ3v) is 3.31. The molecule has 0 spiro atoms. The number of anilines is 1. The average molecular weight is 283 g/mol. The Labute approximate surface area is 121 Å². The quantitative estimate of drug-likeness (QED) is 0.906. The molecule has 5 nitrogen and oxygen atoms in total. The highest BCUT2D eigenvalue weighted by molar-refractivity contribution is 5.99. The summed E-state index contributed by atoms with van der Waals surface area (Å²) in [5.74, 6) is -0.872. The van der Waals surface area contributed by atoms with Crippen LogP contribution in [0.2, 0.25) is 0 Å². The average Bonchev–Trinajstić information content (AvgIpc) is 2.48. The molecule has 1 aliphatic rings. The van der Waals surface area contributed by atoms with Gasteiger partial charge in [-0.2, -0.15) is 0 Å². The van der Waals surface area contributed by atoms with Crippen LogP contribution in [0.5, 0.6) is 5.75 Å². The van der Waals surface area contributed by atoms with Crippen molar-refractivity contribution in [1.29, 1.82) is 0 Å². The number of fused-ring (bicyclic) bond motifs is 1. The molecule has 1 amide bonds. The van der Waals surface area contributed by atoms with Gasteiger partial charge in [0.15, 0.2) is 6.10 Å². The topological polar surface area (TPSA) is 75.6 Å². The second-order valence-electron chi connectivity index (χ2n) is 4.80. The van der Waals surface area contributed by atoms with Gasteiger partial charge in [0.25, 0.3) is 5.91 Å². The summed E-state index contributed by atoms with van der Waals surface area (Å²) in [5.41, 5.74) is 1.60. The summed E-state index contributed by atoms with van der Waals surface area (Å²) in [7, 11) is 0. The highest BCUT2D eigenvalue weighted by atomic mass is 16.5. The molecule has 5 heteroatoms. The summed E-state index contributed by atoms with van der Waals surface area (Å²) in [5, 5.41) is 11.7. The van der Waals surface area contributed by atoms with Gasteiger partial charge in [0.05, 0.1) is 11.3 Å². The van der Waals surface area contributed by atoms with Crippen molar-refractivity contribution in [3.63, 3.8) is 0 Å². The van der Waals surface area contributed by atoms with Crippen LogP contribution >= 0.6 is 0 Å². The van der Waals surface area contributed by atoms with E-state index in [9.17, 15) is 9.59 Å². The number of carbonyl (C=O) groups is 2. The van der Waals surface area contributed by atoms with Crippen LogP contribution in [0, 0.1) is 0 Å². The van der Waals surface area contributed by atoms with Crippen LogP contribution < -0.4 is 10.1 Å². The number of nitrogens with one attached hydrogen (secondary N) is 1. The Bertz CT molecular complexity index is 697. The summed E-state index contributed by atoms with van der Waals surface area (Å²) in [6, 6.07) is 13.9. The SMILES string of the molecule is O=C(O)c1ccc2c(c1)O[C@H](Cc1ccccc1)C(=O)N2. The lowest BCUT2D eigenvalue weighted by Gasteiger charge is -2.26. The monoisotopic (exact) mass is 283 g/mol. The molecule has 0 unspecified atom stereocenters. The van der Waals surface area contributed by atoms with E-state index in [0.29, 0.717) is 17.9 Å². The fourth-order valence-corrected chi connectivity index (χ4v) is 2.24. The molecular formula is C16H13NO4. The molecule has 2 aromatic rings. The van der Waals surface area contributed by atoms with Crippen molar-refractivity contribution in [1.82, 2.24) is 0 Å². The molecule has 21 heavy (non-hydrogen) atoms. The minimum Gasteiger partial charge on any atom is -0.478 e. The number of rotatable bonds is 3. The predicted octanol–water partition coefficient (Wildman–Crippen LogP) is 2.33. The first kappa shape index (κ1) is 13.2. The zero-order valence-corrected chi connectivity index (χ0v) is 11.1. The van der Waals surface area contributed by atoms with E-state index in [1.165, 1.54) is 18.2 Å². The molecule has 1 atom stereocenters. The standard InChI is InChI=1S/C16H13NO4/c18-15-14(8-10-4-2-1-3-5-10)21-13-9-11(16(19)20)6-7-12(13)17-15/h1-7,9,14H,8H2,(H,17,18)(H,19,20)/t14-/m1/s1. The highest BCUT2D eigenvalue weighted by Crippen LogP contribution is 2.31. The molecule has 0 saturated heterocycles. The number of ether oxygens (including phenoxy) is 1. The van der Waals surface area contributed by atoms with Crippen molar-refractivity contribution in [2.45, 2.75) is 12.5 Å². The van der Waals surface area contributed by atoms with Crippen molar-refractivity contribution in [3.05, 3.63) is 59.7 Å². The van der Waals surface area contributed by atoms with E-state index < -0.39 is 12.1 Å². The van der Waals surface area contributed by atoms with Crippen LogP contribution in [0.4, 0.5) is 5.69 Å². The summed E-state index contributed by atoms with van der Waals surface area (Å²) < 4.78 is 5.66. The Hall–Kier alpha value is -2.82. The van der Waals surface area contributed by atoms with Crippen LogP contribution in [0.25, 0.3) is 0 Å². The zero-order chi connectivity index (χ0) is 14.8. The van der Waals surface area contributed by atoms with Crippen LogP contribution in [0.3, 0.4) is 0 Å². The molecule has 1 heterocycles. The van der Waals surface area contributed by atoms with Crippen LogP contribution in [0.1, 0.15) is 15.9 Å². The van der Waals surface area contributed by atoms with E-state index in [1.807, 2.05) is 30.3 Å². The van der Waals surface area contributed by atoms with Crippen molar-refractivity contribution in [2.75, 3.05) is 5.32 Å². The third-order valence-electron chi connectivity index (χ3n) is 3.31. The first-order chi connectivity index (χ1) is 10.1. The molecule has 0 fully saturated rings. The second kappa shape index (κ2) is 5.28. The number of carbonyl (C=O) groups excluding carboxylic acids is 1. The van der Waals surface area contributed by atoms with Gasteiger partial charge in [0, 0.05) is 6.42 Å². The van der Waals surface area contributed by atoms with E-state index in [0.717, 1.165) is 5.56 Å². The molecule has 0 aromatic heterocycles. The lowest BCUT2D eigenvalue weighted by molar-refractivity contribution is -0.123. The fourth-order valence-electron chi connectivity index (χ4n) is 2.24. The maximum Gasteiger partial charge on any atom is 0.335 e. The Morgan fingerprint density at radius 3 is 2.67 bits per heavy atom. The van der Waals surface area contributed by atoms with Crippen LogP contribution in [-0.2, 0) is 11.2 Å². The first-order valence-corrected chi connectivity index (χ1v) is 6.52. The maximum absolute atomic E-state index is 12.0. The number of benzene rings is 2. The summed E-state index contributed by atoms with van der Waals surface area (Å²) in [6.07, 6.45) is -0.229. The zero-order valence-electron chi connectivity index (χ0n) is 11.1. The Balaban J connectivity index is 1.85. The number of hydrogen-bond acceptors (Lipinski definition) is 3. The molecule has 0 aliphatic carbocycles. The molecule has 0 radical (unpaired) electrons. The van der Waals surface area contributed by atoms with E-state index in [-0.39, 0.29) is 11.5 Å². The van der Waals surface area contributed by atoms with E-state index >= 15 is 0 Å². The molecular weight excluding hydrogens is 270 g/mol. The minimum absolute atomic E-state index is 0.128. The molecule has 2 aromatic carbocycles. The molecule has 0 bridgehead atoms. The van der Waals surface area contributed by atoms with Gasteiger partial charge in [-0.1, -0.05) is 30.3 Å². The van der Waals surface area contributed by atoms with Crippen molar-refractivity contribution in [2.24, 2.45) is 0 Å². The van der Waals surface area contributed by atoms with Gasteiger partial charge in [-0.15, -0.1) is 0 Å². The van der Waals surface area contributed by atoms with Gasteiger partial charge in [0.1, 0.15) is 5.75 Å². The van der Waals surface area contributed by atoms with E-state index in [2.05, 4.69) is 5.32 Å². The lowest BCUT2D eigenvalue weighted by Crippen LogP contribution is -2.38. The minimum atomic E-state index is -1.03. The van der Waals surface area contributed by atoms with Gasteiger partial charge < -0.3 is 15.2 Å². The summed E-state index contributed by atoms with van der Waals surface area (Å²) >= 11 is 0. The van der Waals surface area contributed by atoms with E-state index in [4.69, 9.17) is 9.84 Å². The molecule has 106 valence electrons. The van der Waals surface area contributed by atoms with Gasteiger partial charge in [-0.3, -0.25) is 4.79 Å². The summed E-state index contributed by atoms with van der Waals surface area (Å²) in [6.45, 7) is 0. The second-order valence-corrected chi connectivity index (χ2v) is 4.80. The molecule has 1 aliphatic heterocycles. The fraction of sp³-hybridized carbons (Fsp3) is 0.125. The van der Waals surface area contributed by atoms with Crippen LogP contribution in [0.15, 0.2) is 48.5 Å². The number of aromatic carboxylic acids is 1. The van der Waals surface area contributed by atoms with Crippen molar-refractivity contribution >= 4 is 17.6 Å². The number of carboxylic acid groups (broad SMARTS) is 1. The molecule has 2 N–H and O–H groups in total. The smallest absolute Gasteiger partial charge is 0.335 e. The number of carboxylic acids is 1.